The summed E-state index contributed by atoms with van der Waals surface area (Å²) >= 11 is 3.46. The number of piperidine rings is 2. The normalized spacial score (nSPS) is 21.6. The lowest BCUT2D eigenvalue weighted by Gasteiger charge is -2.36. The molecule has 2 aromatic heterocycles. The number of carbonyl (C=O) groups excluding carboxylic acids is 5. The van der Waals surface area contributed by atoms with Crippen LogP contribution in [0.4, 0.5) is 5.82 Å². The van der Waals surface area contributed by atoms with E-state index in [1.807, 2.05) is 24.3 Å². The standard InChI is InChI=1S/C41H43BrN8O8/c1-46-22-26(21-27(23-46)43-37-36(42)41(56)49-14-3-2-7-32(49)44-37)25-8-10-28(11-9-25)57-20-19-47-15-17-48(18-16-47)34(52)24-58-31-6-4-5-29-35(31)40(55)50(39(29)54)30-12-13-33(51)45-38(30)53/h2-11,14,26-27,30,43H,12-13,15-24H2,1H3,(H,45,51,53)/t26-,27+,30?/m0/s1. The summed E-state index contributed by atoms with van der Waals surface area (Å²) < 4.78 is 13.8. The first kappa shape index (κ1) is 39.2. The van der Waals surface area contributed by atoms with Crippen LogP contribution in [0, 0.1) is 0 Å². The summed E-state index contributed by atoms with van der Waals surface area (Å²) in [5.74, 6) is -0.996. The Labute approximate surface area is 342 Å². The monoisotopic (exact) mass is 854 g/mol. The molecule has 58 heavy (non-hydrogen) atoms. The summed E-state index contributed by atoms with van der Waals surface area (Å²) in [4.78, 5) is 88.3. The van der Waals surface area contributed by atoms with Gasteiger partial charge in [0.25, 0.3) is 23.3 Å². The van der Waals surface area contributed by atoms with Gasteiger partial charge in [0.1, 0.15) is 40.1 Å². The van der Waals surface area contributed by atoms with E-state index in [0.717, 1.165) is 30.2 Å². The Morgan fingerprint density at radius 2 is 1.72 bits per heavy atom. The van der Waals surface area contributed by atoms with E-state index in [2.05, 4.69) is 55.5 Å². The second-order valence-electron chi connectivity index (χ2n) is 15.1. The van der Waals surface area contributed by atoms with Crippen LogP contribution in [0.3, 0.4) is 0 Å². The summed E-state index contributed by atoms with van der Waals surface area (Å²) in [5, 5.41) is 5.70. The topological polar surface area (TPSA) is 175 Å². The van der Waals surface area contributed by atoms with Crippen LogP contribution in [0.15, 0.2) is 76.1 Å². The molecular formula is C41H43BrN8O8. The van der Waals surface area contributed by atoms with Crippen LogP contribution in [0.1, 0.15) is 51.5 Å². The van der Waals surface area contributed by atoms with E-state index in [0.29, 0.717) is 55.3 Å². The predicted molar refractivity (Wildman–Crippen MR) is 215 cm³/mol. The molecule has 3 fully saturated rings. The molecule has 4 aliphatic rings. The first-order chi connectivity index (χ1) is 28.0. The van der Waals surface area contributed by atoms with Gasteiger partial charge in [0, 0.05) is 64.5 Å². The molecule has 3 saturated heterocycles. The van der Waals surface area contributed by atoms with Gasteiger partial charge in [-0.25, -0.2) is 4.98 Å². The number of amides is 5. The quantitative estimate of drug-likeness (QED) is 0.211. The largest absolute Gasteiger partial charge is 0.492 e. The number of rotatable bonds is 11. The van der Waals surface area contributed by atoms with E-state index in [-0.39, 0.29) is 59.8 Å². The Hall–Kier alpha value is -5.65. The lowest BCUT2D eigenvalue weighted by molar-refractivity contribution is -0.136. The second-order valence-corrected chi connectivity index (χ2v) is 15.9. The number of pyridine rings is 1. The van der Waals surface area contributed by atoms with Gasteiger partial charge in [0.05, 0.1) is 11.1 Å². The highest BCUT2D eigenvalue weighted by Crippen LogP contribution is 2.34. The summed E-state index contributed by atoms with van der Waals surface area (Å²) in [6.45, 7) is 4.93. The Balaban J connectivity index is 0.780. The van der Waals surface area contributed by atoms with E-state index in [1.165, 1.54) is 22.1 Å². The van der Waals surface area contributed by atoms with Crippen molar-refractivity contribution in [2.75, 3.05) is 71.4 Å². The number of piperazine rings is 1. The highest BCUT2D eigenvalue weighted by molar-refractivity contribution is 9.10. The molecule has 302 valence electrons. The lowest BCUT2D eigenvalue weighted by Crippen LogP contribution is -2.54. The number of imide groups is 2. The van der Waals surface area contributed by atoms with Crippen LogP contribution in [-0.2, 0) is 14.4 Å². The van der Waals surface area contributed by atoms with Crippen LogP contribution in [0.2, 0.25) is 0 Å². The van der Waals surface area contributed by atoms with Crippen molar-refractivity contribution in [3.05, 3.63) is 98.4 Å². The molecule has 0 spiro atoms. The zero-order chi connectivity index (χ0) is 40.5. The minimum atomic E-state index is -1.09. The Bertz CT molecular complexity index is 2330. The summed E-state index contributed by atoms with van der Waals surface area (Å²) in [7, 11) is 2.10. The maximum atomic E-state index is 13.3. The molecule has 0 radical (unpaired) electrons. The van der Waals surface area contributed by atoms with Gasteiger partial charge in [-0.1, -0.05) is 24.3 Å². The van der Waals surface area contributed by atoms with Gasteiger partial charge < -0.3 is 24.6 Å². The molecule has 16 nitrogen and oxygen atoms in total. The van der Waals surface area contributed by atoms with Crippen molar-refractivity contribution in [1.82, 2.24) is 34.3 Å². The van der Waals surface area contributed by atoms with Crippen molar-refractivity contribution in [3.8, 4) is 11.5 Å². The molecule has 4 aromatic rings. The molecule has 0 bridgehead atoms. The molecule has 1 unspecified atom stereocenters. The Kier molecular flexibility index (Phi) is 11.3. The summed E-state index contributed by atoms with van der Waals surface area (Å²) in [6.07, 6.45) is 2.66. The first-order valence-electron chi connectivity index (χ1n) is 19.4. The lowest BCUT2D eigenvalue weighted by atomic mass is 9.88. The number of hydrogen-bond acceptors (Lipinski definition) is 12. The number of fused-ring (bicyclic) bond motifs is 2. The van der Waals surface area contributed by atoms with Crippen molar-refractivity contribution < 1.29 is 33.4 Å². The number of likely N-dealkylation sites (N-methyl/N-ethyl adjacent to an activating group) is 1. The minimum Gasteiger partial charge on any atom is -0.492 e. The smallest absolute Gasteiger partial charge is 0.274 e. The number of ether oxygens (including phenoxy) is 2. The zero-order valence-corrected chi connectivity index (χ0v) is 33.5. The van der Waals surface area contributed by atoms with E-state index in [9.17, 15) is 28.8 Å². The average Bonchev–Trinajstić information content (AvgIpc) is 3.48. The van der Waals surface area contributed by atoms with Gasteiger partial charge in [-0.2, -0.15) is 0 Å². The number of halogens is 1. The molecule has 3 atom stereocenters. The number of nitrogens with zero attached hydrogens (tertiary/aromatic N) is 6. The first-order valence-corrected chi connectivity index (χ1v) is 20.2. The fourth-order valence-electron chi connectivity index (χ4n) is 8.21. The molecule has 4 aliphatic heterocycles. The number of anilines is 1. The summed E-state index contributed by atoms with van der Waals surface area (Å²) in [5.41, 5.74) is 1.75. The van der Waals surface area contributed by atoms with E-state index in [1.54, 1.807) is 23.2 Å². The van der Waals surface area contributed by atoms with Gasteiger partial charge >= 0.3 is 0 Å². The highest BCUT2D eigenvalue weighted by atomic mass is 79.9. The molecule has 8 rings (SSSR count). The predicted octanol–water partition coefficient (Wildman–Crippen LogP) is 2.36. The molecule has 5 amide bonds. The number of carbonyl (C=O) groups is 5. The fraction of sp³-hybridized carbons (Fsp3) is 0.390. The zero-order valence-electron chi connectivity index (χ0n) is 31.9. The number of benzene rings is 2. The third kappa shape index (κ3) is 8.06. The van der Waals surface area contributed by atoms with Crippen LogP contribution in [0.25, 0.3) is 5.65 Å². The van der Waals surface area contributed by atoms with Gasteiger partial charge in [0.2, 0.25) is 11.8 Å². The third-order valence-corrected chi connectivity index (χ3v) is 11.9. The number of nitrogens with one attached hydrogen (secondary N) is 2. The molecular weight excluding hydrogens is 812 g/mol. The fourth-order valence-corrected chi connectivity index (χ4v) is 8.60. The van der Waals surface area contributed by atoms with E-state index < -0.39 is 29.7 Å². The van der Waals surface area contributed by atoms with E-state index >= 15 is 0 Å². The third-order valence-electron chi connectivity index (χ3n) is 11.2. The second kappa shape index (κ2) is 16.7. The number of aromatic nitrogens is 2. The molecule has 6 heterocycles. The SMILES string of the molecule is CN1C[C@H](Nc2nc3ccccn3c(=O)c2Br)C[C@H](c2ccc(OCCN3CCN(C(=O)COc4cccc5c4C(=O)N(C4CCC(=O)NC4=O)C5=O)CC3)cc2)C1. The van der Waals surface area contributed by atoms with Crippen molar-refractivity contribution in [3.63, 3.8) is 0 Å². The Morgan fingerprint density at radius 3 is 2.50 bits per heavy atom. The molecule has 2 N–H and O–H groups in total. The summed E-state index contributed by atoms with van der Waals surface area (Å²) in [6, 6.07) is 17.3. The highest BCUT2D eigenvalue weighted by Gasteiger charge is 2.46. The molecule has 17 heteroatoms. The van der Waals surface area contributed by atoms with Gasteiger partial charge in [-0.3, -0.25) is 48.3 Å². The maximum Gasteiger partial charge on any atom is 0.274 e. The molecule has 0 aliphatic carbocycles. The minimum absolute atomic E-state index is 0.0103. The average molecular weight is 856 g/mol. The molecule has 0 saturated carbocycles. The number of likely N-dealkylation sites (tertiary alicyclic amines) is 1. The van der Waals surface area contributed by atoms with Gasteiger partial charge in [-0.15, -0.1) is 0 Å². The van der Waals surface area contributed by atoms with Crippen LogP contribution in [-0.4, -0.2) is 137 Å². The van der Waals surface area contributed by atoms with Crippen LogP contribution in [0.5, 0.6) is 11.5 Å². The van der Waals surface area contributed by atoms with Crippen molar-refractivity contribution in [1.29, 1.82) is 0 Å². The van der Waals surface area contributed by atoms with E-state index in [4.69, 9.17) is 14.5 Å². The molecule has 2 aromatic carbocycles. The van der Waals surface area contributed by atoms with Crippen molar-refractivity contribution >= 4 is 56.9 Å². The Morgan fingerprint density at radius 1 is 0.931 bits per heavy atom. The number of hydrogen-bond donors (Lipinski definition) is 2. The van der Waals surface area contributed by atoms with Crippen LogP contribution >= 0.6 is 15.9 Å². The van der Waals surface area contributed by atoms with Gasteiger partial charge in [0.15, 0.2) is 6.61 Å². The van der Waals surface area contributed by atoms with Crippen molar-refractivity contribution in [2.45, 2.75) is 37.3 Å². The van der Waals surface area contributed by atoms with Crippen molar-refractivity contribution in [2.24, 2.45) is 0 Å². The van der Waals surface area contributed by atoms with Gasteiger partial charge in [-0.05, 0) is 83.7 Å². The van der Waals surface area contributed by atoms with Crippen LogP contribution < -0.4 is 25.7 Å². The maximum absolute atomic E-state index is 13.3.